The number of rotatable bonds is 3. The highest BCUT2D eigenvalue weighted by atomic mass is 35.5. The van der Waals surface area contributed by atoms with E-state index in [2.05, 4.69) is 15.5 Å². The zero-order chi connectivity index (χ0) is 14.4. The van der Waals surface area contributed by atoms with Crippen molar-refractivity contribution in [3.05, 3.63) is 40.5 Å². The minimum absolute atomic E-state index is 0.120. The first-order valence-corrected chi connectivity index (χ1v) is 7.37. The van der Waals surface area contributed by atoms with E-state index in [1.807, 2.05) is 6.07 Å². The Morgan fingerprint density at radius 1 is 1.38 bits per heavy atom. The number of aromatic amines is 1. The Hall–Kier alpha value is -2.01. The van der Waals surface area contributed by atoms with Crippen LogP contribution in [0.25, 0.3) is 0 Å². The Morgan fingerprint density at radius 2 is 2.24 bits per heavy atom. The number of hydrogen-bond acceptors (Lipinski definition) is 3. The molecule has 2 aliphatic rings. The largest absolute Gasteiger partial charge is 0.492 e. The van der Waals surface area contributed by atoms with Gasteiger partial charge in [-0.05, 0) is 31.0 Å². The molecule has 1 aromatic carbocycles. The maximum absolute atomic E-state index is 12.4. The molecule has 108 valence electrons. The average molecular weight is 304 g/mol. The molecule has 1 aliphatic heterocycles. The van der Waals surface area contributed by atoms with Gasteiger partial charge in [-0.1, -0.05) is 11.6 Å². The molecule has 6 heteroatoms. The first-order chi connectivity index (χ1) is 10.2. The van der Waals surface area contributed by atoms with E-state index in [1.54, 1.807) is 18.2 Å². The van der Waals surface area contributed by atoms with Crippen LogP contribution in [0.15, 0.2) is 24.3 Å². The smallest absolute Gasteiger partial charge is 0.236 e. The lowest BCUT2D eigenvalue weighted by Gasteiger charge is -2.08. The van der Waals surface area contributed by atoms with Crippen molar-refractivity contribution in [1.29, 1.82) is 0 Å². The molecular formula is C15H14ClN3O2. The third-order valence-corrected chi connectivity index (χ3v) is 4.17. The van der Waals surface area contributed by atoms with Gasteiger partial charge in [0.25, 0.3) is 0 Å². The Labute approximate surface area is 126 Å². The normalized spacial score (nSPS) is 20.0. The van der Waals surface area contributed by atoms with E-state index >= 15 is 0 Å². The molecule has 1 aliphatic carbocycles. The summed E-state index contributed by atoms with van der Waals surface area (Å²) in [6, 6.07) is 7.25. The summed E-state index contributed by atoms with van der Waals surface area (Å²) in [7, 11) is 0. The van der Waals surface area contributed by atoms with Crippen LogP contribution in [-0.2, 0) is 4.79 Å². The van der Waals surface area contributed by atoms with Gasteiger partial charge >= 0.3 is 0 Å². The maximum Gasteiger partial charge on any atom is 0.236 e. The van der Waals surface area contributed by atoms with Crippen LogP contribution < -0.4 is 10.1 Å². The second-order valence-corrected chi connectivity index (χ2v) is 5.95. The van der Waals surface area contributed by atoms with Crippen molar-refractivity contribution in [3.63, 3.8) is 0 Å². The number of aromatic nitrogens is 2. The van der Waals surface area contributed by atoms with E-state index in [9.17, 15) is 4.79 Å². The summed E-state index contributed by atoms with van der Waals surface area (Å²) in [5.41, 5.74) is 1.93. The molecule has 2 N–H and O–H groups in total. The van der Waals surface area contributed by atoms with Crippen LogP contribution in [0.4, 0.5) is 5.82 Å². The third-order valence-electron chi connectivity index (χ3n) is 3.94. The van der Waals surface area contributed by atoms with Crippen molar-refractivity contribution in [2.75, 3.05) is 11.9 Å². The van der Waals surface area contributed by atoms with E-state index in [1.165, 1.54) is 12.8 Å². The molecular weight excluding hydrogens is 290 g/mol. The predicted octanol–water partition coefficient (Wildman–Crippen LogP) is 3.06. The minimum atomic E-state index is -0.347. The number of carbonyl (C=O) groups excluding carboxylic acids is 1. The highest BCUT2D eigenvalue weighted by Crippen LogP contribution is 2.40. The number of ether oxygens (including phenoxy) is 1. The van der Waals surface area contributed by atoms with Crippen LogP contribution in [-0.4, -0.2) is 22.7 Å². The second-order valence-electron chi connectivity index (χ2n) is 5.52. The molecule has 0 bridgehead atoms. The summed E-state index contributed by atoms with van der Waals surface area (Å²) in [6.45, 7) is 0.335. The summed E-state index contributed by atoms with van der Waals surface area (Å²) in [5, 5.41) is 10.6. The van der Waals surface area contributed by atoms with E-state index in [0.717, 1.165) is 17.0 Å². The quantitative estimate of drug-likeness (QED) is 0.916. The van der Waals surface area contributed by atoms with E-state index in [-0.39, 0.29) is 11.8 Å². The Morgan fingerprint density at radius 3 is 3.05 bits per heavy atom. The topological polar surface area (TPSA) is 67.0 Å². The number of amides is 1. The van der Waals surface area contributed by atoms with Crippen molar-refractivity contribution >= 4 is 23.3 Å². The fourth-order valence-corrected chi connectivity index (χ4v) is 2.80. The zero-order valence-corrected chi connectivity index (χ0v) is 12.0. The van der Waals surface area contributed by atoms with Gasteiger partial charge < -0.3 is 10.1 Å². The number of H-pyrrole nitrogens is 1. The first kappa shape index (κ1) is 12.7. The van der Waals surface area contributed by atoms with E-state index in [4.69, 9.17) is 16.3 Å². The van der Waals surface area contributed by atoms with Gasteiger partial charge in [0.15, 0.2) is 5.82 Å². The molecule has 0 spiro atoms. The highest BCUT2D eigenvalue weighted by Gasteiger charge is 2.31. The molecule has 0 radical (unpaired) electrons. The van der Waals surface area contributed by atoms with Crippen molar-refractivity contribution in [3.8, 4) is 5.75 Å². The fourth-order valence-electron chi connectivity index (χ4n) is 2.62. The van der Waals surface area contributed by atoms with Crippen LogP contribution in [0.3, 0.4) is 0 Å². The molecule has 1 fully saturated rings. The third kappa shape index (κ3) is 2.38. The van der Waals surface area contributed by atoms with Gasteiger partial charge in [-0.2, -0.15) is 5.10 Å². The second kappa shape index (κ2) is 4.77. The molecule has 21 heavy (non-hydrogen) atoms. The molecule has 2 aromatic rings. The molecule has 1 atom stereocenters. The molecule has 2 heterocycles. The Balaban J connectivity index is 1.51. The zero-order valence-electron chi connectivity index (χ0n) is 11.2. The van der Waals surface area contributed by atoms with Gasteiger partial charge in [0.2, 0.25) is 5.91 Å². The number of carbonyl (C=O) groups is 1. The van der Waals surface area contributed by atoms with E-state index in [0.29, 0.717) is 23.4 Å². The summed E-state index contributed by atoms with van der Waals surface area (Å²) in [6.07, 6.45) is 2.38. The van der Waals surface area contributed by atoms with Crippen LogP contribution >= 0.6 is 11.6 Å². The summed E-state index contributed by atoms with van der Waals surface area (Å²) < 4.78 is 5.53. The fraction of sp³-hybridized carbons (Fsp3) is 0.333. The highest BCUT2D eigenvalue weighted by molar-refractivity contribution is 6.30. The summed E-state index contributed by atoms with van der Waals surface area (Å²) in [5.74, 6) is 1.40. The van der Waals surface area contributed by atoms with Gasteiger partial charge in [-0.3, -0.25) is 9.89 Å². The van der Waals surface area contributed by atoms with Crippen LogP contribution in [0.1, 0.15) is 35.9 Å². The maximum atomic E-state index is 12.4. The molecule has 4 rings (SSSR count). The SMILES string of the molecule is O=C(Nc1cc(C2CC2)[nH]n1)C1COc2ccc(Cl)cc21. The van der Waals surface area contributed by atoms with Gasteiger partial charge in [-0.25, -0.2) is 0 Å². The summed E-state index contributed by atoms with van der Waals surface area (Å²) >= 11 is 5.99. The van der Waals surface area contributed by atoms with Gasteiger partial charge in [0.1, 0.15) is 18.3 Å². The number of nitrogens with zero attached hydrogens (tertiary/aromatic N) is 1. The number of fused-ring (bicyclic) bond motifs is 1. The number of nitrogens with one attached hydrogen (secondary N) is 2. The summed E-state index contributed by atoms with van der Waals surface area (Å²) in [4.78, 5) is 12.4. The standard InChI is InChI=1S/C15H14ClN3O2/c16-9-3-4-13-10(5-9)11(7-21-13)15(20)17-14-6-12(18-19-14)8-1-2-8/h3-6,8,11H,1-2,7H2,(H2,17,18,19,20). The molecule has 5 nitrogen and oxygen atoms in total. The van der Waals surface area contributed by atoms with Crippen molar-refractivity contribution in [1.82, 2.24) is 10.2 Å². The Kier molecular flexibility index (Phi) is 2.89. The lowest BCUT2D eigenvalue weighted by atomic mass is 10.0. The number of halogens is 1. The van der Waals surface area contributed by atoms with Crippen LogP contribution in [0, 0.1) is 0 Å². The van der Waals surface area contributed by atoms with Gasteiger partial charge in [0, 0.05) is 28.3 Å². The van der Waals surface area contributed by atoms with E-state index < -0.39 is 0 Å². The molecule has 1 unspecified atom stereocenters. The monoisotopic (exact) mass is 303 g/mol. The molecule has 0 saturated heterocycles. The van der Waals surface area contributed by atoms with Crippen LogP contribution in [0.5, 0.6) is 5.75 Å². The van der Waals surface area contributed by atoms with Crippen molar-refractivity contribution in [2.24, 2.45) is 0 Å². The van der Waals surface area contributed by atoms with Gasteiger partial charge in [-0.15, -0.1) is 0 Å². The molecule has 1 aromatic heterocycles. The molecule has 1 saturated carbocycles. The van der Waals surface area contributed by atoms with Crippen LogP contribution in [0.2, 0.25) is 5.02 Å². The lowest BCUT2D eigenvalue weighted by Crippen LogP contribution is -2.22. The molecule has 1 amide bonds. The minimum Gasteiger partial charge on any atom is -0.492 e. The van der Waals surface area contributed by atoms with Gasteiger partial charge in [0.05, 0.1) is 0 Å². The average Bonchev–Trinajstić information content (AvgIpc) is 3.07. The predicted molar refractivity (Wildman–Crippen MR) is 78.9 cm³/mol. The Bertz CT molecular complexity index is 709. The number of benzene rings is 1. The number of hydrogen-bond donors (Lipinski definition) is 2. The lowest BCUT2D eigenvalue weighted by molar-refractivity contribution is -0.117. The van der Waals surface area contributed by atoms with Crippen molar-refractivity contribution < 1.29 is 9.53 Å². The number of anilines is 1. The van der Waals surface area contributed by atoms with Crippen molar-refractivity contribution in [2.45, 2.75) is 24.7 Å². The first-order valence-electron chi connectivity index (χ1n) is 6.99.